The van der Waals surface area contributed by atoms with Gasteiger partial charge in [0.1, 0.15) is 0 Å². The molecular weight excluding hydrogens is 184 g/mol. The first-order valence-electron chi connectivity index (χ1n) is 5.74. The topological polar surface area (TPSA) is 29.3 Å². The van der Waals surface area contributed by atoms with E-state index in [9.17, 15) is 0 Å². The highest BCUT2D eigenvalue weighted by Gasteiger charge is 2.02. The minimum absolute atomic E-state index is 0.860. The lowest BCUT2D eigenvalue weighted by Gasteiger charge is -2.18. The zero-order valence-electron chi connectivity index (χ0n) is 10.1. The summed E-state index contributed by atoms with van der Waals surface area (Å²) in [7, 11) is 0. The highest BCUT2D eigenvalue weighted by Crippen LogP contribution is 2.13. The van der Waals surface area contributed by atoms with Crippen LogP contribution in [-0.2, 0) is 6.42 Å². The molecule has 2 heteroatoms. The Morgan fingerprint density at radius 3 is 2.40 bits per heavy atom. The Bertz CT molecular complexity index is 303. The molecule has 84 valence electrons. The van der Waals surface area contributed by atoms with E-state index in [1.807, 2.05) is 6.07 Å². The Balaban J connectivity index is 2.57. The van der Waals surface area contributed by atoms with Gasteiger partial charge in [0.05, 0.1) is 0 Å². The Morgan fingerprint density at radius 1 is 1.20 bits per heavy atom. The van der Waals surface area contributed by atoms with Gasteiger partial charge in [-0.2, -0.15) is 0 Å². The maximum atomic E-state index is 5.73. The summed E-state index contributed by atoms with van der Waals surface area (Å²) in [5.74, 6) is 0. The van der Waals surface area contributed by atoms with Crippen molar-refractivity contribution in [2.75, 3.05) is 25.4 Å². The van der Waals surface area contributed by atoms with Gasteiger partial charge in [0, 0.05) is 12.2 Å². The quantitative estimate of drug-likeness (QED) is 0.750. The smallest absolute Gasteiger partial charge is 0.0316 e. The fourth-order valence-electron chi connectivity index (χ4n) is 1.82. The Morgan fingerprint density at radius 2 is 1.87 bits per heavy atom. The van der Waals surface area contributed by atoms with Crippen molar-refractivity contribution < 1.29 is 0 Å². The van der Waals surface area contributed by atoms with E-state index in [4.69, 9.17) is 5.73 Å². The van der Waals surface area contributed by atoms with Crippen LogP contribution >= 0.6 is 0 Å². The average Bonchev–Trinajstić information content (AvgIpc) is 2.22. The predicted octanol–water partition coefficient (Wildman–Crippen LogP) is 2.46. The van der Waals surface area contributed by atoms with Crippen LogP contribution in [0.1, 0.15) is 25.0 Å². The lowest BCUT2D eigenvalue weighted by molar-refractivity contribution is 0.308. The number of nitrogen functional groups attached to an aromatic ring is 1. The highest BCUT2D eigenvalue weighted by atomic mass is 15.1. The molecule has 2 nitrogen and oxygen atoms in total. The molecule has 0 unspecified atom stereocenters. The number of anilines is 1. The largest absolute Gasteiger partial charge is 0.399 e. The van der Waals surface area contributed by atoms with Gasteiger partial charge in [-0.25, -0.2) is 0 Å². The zero-order valence-corrected chi connectivity index (χ0v) is 10.1. The maximum absolute atomic E-state index is 5.73. The van der Waals surface area contributed by atoms with Gasteiger partial charge in [0.25, 0.3) is 0 Å². The van der Waals surface area contributed by atoms with Crippen LogP contribution in [0.5, 0.6) is 0 Å². The lowest BCUT2D eigenvalue weighted by atomic mass is 10.0. The van der Waals surface area contributed by atoms with Gasteiger partial charge in [0.2, 0.25) is 0 Å². The first-order chi connectivity index (χ1) is 7.17. The summed E-state index contributed by atoms with van der Waals surface area (Å²) in [6, 6.07) is 6.19. The van der Waals surface area contributed by atoms with Crippen LogP contribution in [-0.4, -0.2) is 24.5 Å². The van der Waals surface area contributed by atoms with E-state index in [0.29, 0.717) is 0 Å². The second-order valence-corrected chi connectivity index (χ2v) is 3.96. The summed E-state index contributed by atoms with van der Waals surface area (Å²) >= 11 is 0. The zero-order chi connectivity index (χ0) is 11.3. The van der Waals surface area contributed by atoms with Crippen molar-refractivity contribution in [3.8, 4) is 0 Å². The standard InChI is InChI=1S/C13H22N2/c1-4-15(5-2)9-8-12-6-7-13(14)10-11(12)3/h6-7,10H,4-5,8-9,14H2,1-3H3. The highest BCUT2D eigenvalue weighted by molar-refractivity contribution is 5.44. The molecule has 1 aromatic carbocycles. The lowest BCUT2D eigenvalue weighted by Crippen LogP contribution is -2.25. The molecule has 0 spiro atoms. The number of hydrogen-bond donors (Lipinski definition) is 1. The van der Waals surface area contributed by atoms with Gasteiger partial charge in [-0.3, -0.25) is 0 Å². The number of hydrogen-bond acceptors (Lipinski definition) is 2. The van der Waals surface area contributed by atoms with Gasteiger partial charge in [-0.15, -0.1) is 0 Å². The Labute approximate surface area is 93.1 Å². The molecular formula is C13H22N2. The van der Waals surface area contributed by atoms with Crippen LogP contribution in [0.25, 0.3) is 0 Å². The molecule has 0 aliphatic carbocycles. The third-order valence-corrected chi connectivity index (χ3v) is 2.96. The fraction of sp³-hybridized carbons (Fsp3) is 0.538. The maximum Gasteiger partial charge on any atom is 0.0316 e. The molecule has 1 rings (SSSR count). The van der Waals surface area contributed by atoms with Crippen molar-refractivity contribution in [1.82, 2.24) is 4.90 Å². The number of nitrogens with zero attached hydrogens (tertiary/aromatic N) is 1. The molecule has 0 saturated heterocycles. The molecule has 0 atom stereocenters. The summed E-state index contributed by atoms with van der Waals surface area (Å²) in [6.07, 6.45) is 1.12. The summed E-state index contributed by atoms with van der Waals surface area (Å²) < 4.78 is 0. The van der Waals surface area contributed by atoms with Gasteiger partial charge >= 0.3 is 0 Å². The van der Waals surface area contributed by atoms with E-state index in [-0.39, 0.29) is 0 Å². The minimum atomic E-state index is 0.860. The molecule has 1 aromatic rings. The van der Waals surface area contributed by atoms with Crippen molar-refractivity contribution in [2.45, 2.75) is 27.2 Å². The van der Waals surface area contributed by atoms with Crippen LogP contribution in [0.3, 0.4) is 0 Å². The Hall–Kier alpha value is -1.02. The first-order valence-corrected chi connectivity index (χ1v) is 5.74. The van der Waals surface area contributed by atoms with E-state index < -0.39 is 0 Å². The number of aryl methyl sites for hydroxylation is 1. The van der Waals surface area contributed by atoms with Crippen molar-refractivity contribution in [3.63, 3.8) is 0 Å². The molecule has 0 heterocycles. The molecule has 2 N–H and O–H groups in total. The van der Waals surface area contributed by atoms with Crippen LogP contribution < -0.4 is 5.73 Å². The fourth-order valence-corrected chi connectivity index (χ4v) is 1.82. The second kappa shape index (κ2) is 5.76. The van der Waals surface area contributed by atoms with Crippen LogP contribution in [0.15, 0.2) is 18.2 Å². The molecule has 0 fully saturated rings. The molecule has 0 saturated carbocycles. The summed E-state index contributed by atoms with van der Waals surface area (Å²) in [4.78, 5) is 2.44. The first kappa shape index (κ1) is 12.1. The minimum Gasteiger partial charge on any atom is -0.399 e. The van der Waals surface area contributed by atoms with E-state index in [0.717, 1.165) is 31.7 Å². The summed E-state index contributed by atoms with van der Waals surface area (Å²) in [6.45, 7) is 9.94. The SMILES string of the molecule is CCN(CC)CCc1ccc(N)cc1C. The van der Waals surface area contributed by atoms with Gasteiger partial charge in [-0.05, 0) is 49.7 Å². The van der Waals surface area contributed by atoms with Gasteiger partial charge < -0.3 is 10.6 Å². The summed E-state index contributed by atoms with van der Waals surface area (Å²) in [5.41, 5.74) is 9.31. The number of nitrogens with two attached hydrogens (primary N) is 1. The number of likely N-dealkylation sites (N-methyl/N-ethyl adjacent to an activating group) is 1. The predicted molar refractivity (Wildman–Crippen MR) is 67.1 cm³/mol. The third kappa shape index (κ3) is 3.56. The molecule has 0 amide bonds. The molecule has 0 bridgehead atoms. The monoisotopic (exact) mass is 206 g/mol. The van der Waals surface area contributed by atoms with E-state index in [1.165, 1.54) is 11.1 Å². The normalized spacial score (nSPS) is 10.9. The van der Waals surface area contributed by atoms with Crippen LogP contribution in [0.4, 0.5) is 5.69 Å². The number of benzene rings is 1. The second-order valence-electron chi connectivity index (χ2n) is 3.96. The molecule has 0 aromatic heterocycles. The number of rotatable bonds is 5. The van der Waals surface area contributed by atoms with Crippen LogP contribution in [0, 0.1) is 6.92 Å². The third-order valence-electron chi connectivity index (χ3n) is 2.96. The van der Waals surface area contributed by atoms with E-state index in [1.54, 1.807) is 0 Å². The van der Waals surface area contributed by atoms with E-state index >= 15 is 0 Å². The van der Waals surface area contributed by atoms with Gasteiger partial charge in [0.15, 0.2) is 0 Å². The summed E-state index contributed by atoms with van der Waals surface area (Å²) in [5, 5.41) is 0. The molecule has 0 aliphatic heterocycles. The van der Waals surface area contributed by atoms with Crippen molar-refractivity contribution in [1.29, 1.82) is 0 Å². The molecule has 0 radical (unpaired) electrons. The van der Waals surface area contributed by atoms with Crippen molar-refractivity contribution in [2.24, 2.45) is 0 Å². The van der Waals surface area contributed by atoms with Crippen molar-refractivity contribution in [3.05, 3.63) is 29.3 Å². The van der Waals surface area contributed by atoms with Gasteiger partial charge in [-0.1, -0.05) is 19.9 Å². The molecule has 15 heavy (non-hydrogen) atoms. The van der Waals surface area contributed by atoms with E-state index in [2.05, 4.69) is 37.8 Å². The average molecular weight is 206 g/mol. The Kier molecular flexibility index (Phi) is 4.63. The van der Waals surface area contributed by atoms with Crippen molar-refractivity contribution >= 4 is 5.69 Å². The molecule has 0 aliphatic rings. The van der Waals surface area contributed by atoms with Crippen LogP contribution in [0.2, 0.25) is 0 Å².